The molecule has 0 saturated carbocycles. The first-order valence-electron chi connectivity index (χ1n) is 9.85. The highest BCUT2D eigenvalue weighted by atomic mass is 16.4. The van der Waals surface area contributed by atoms with Gasteiger partial charge >= 0.3 is 5.97 Å². The number of anilines is 1. The van der Waals surface area contributed by atoms with Crippen molar-refractivity contribution in [3.63, 3.8) is 0 Å². The molecule has 0 saturated heterocycles. The second-order valence-corrected chi connectivity index (χ2v) is 7.27. The van der Waals surface area contributed by atoms with Crippen molar-refractivity contribution in [1.29, 1.82) is 5.26 Å². The third-order valence-electron chi connectivity index (χ3n) is 4.37. The van der Waals surface area contributed by atoms with Gasteiger partial charge < -0.3 is 15.7 Å². The molecule has 0 aliphatic carbocycles. The number of hydrogen-bond acceptors (Lipinski definition) is 4. The van der Waals surface area contributed by atoms with Crippen molar-refractivity contribution >= 4 is 23.2 Å². The largest absolute Gasteiger partial charge is 0.481 e. The van der Waals surface area contributed by atoms with Crippen LogP contribution in [0.4, 0.5) is 5.69 Å². The number of carboxylic acids is 1. The summed E-state index contributed by atoms with van der Waals surface area (Å²) in [5, 5.41) is 17.8. The number of nitrogens with zero attached hydrogens (tertiary/aromatic N) is 4. The summed E-state index contributed by atoms with van der Waals surface area (Å²) in [6, 6.07) is 11.7. The predicted molar refractivity (Wildman–Crippen MR) is 119 cm³/mol. The van der Waals surface area contributed by atoms with Crippen LogP contribution < -0.4 is 10.6 Å². The van der Waals surface area contributed by atoms with Gasteiger partial charge in [-0.15, -0.1) is 4.99 Å². The molecular formula is C23H27N5O2. The van der Waals surface area contributed by atoms with Crippen molar-refractivity contribution in [3.8, 4) is 6.19 Å². The van der Waals surface area contributed by atoms with E-state index in [1.165, 1.54) is 0 Å². The van der Waals surface area contributed by atoms with Crippen LogP contribution in [0.1, 0.15) is 44.2 Å². The van der Waals surface area contributed by atoms with Crippen LogP contribution >= 0.6 is 0 Å². The van der Waals surface area contributed by atoms with Crippen molar-refractivity contribution in [2.24, 2.45) is 16.6 Å². The molecule has 2 rings (SSSR count). The number of aliphatic carboxylic acids is 1. The number of nitrogens with two attached hydrogens (primary N) is 1. The molecule has 1 aromatic heterocycles. The fraction of sp³-hybridized carbons (Fsp3) is 0.304. The number of benzene rings is 1. The van der Waals surface area contributed by atoms with E-state index < -0.39 is 5.97 Å². The smallest absolute Gasteiger partial charge is 0.303 e. The quantitative estimate of drug-likeness (QED) is 0.282. The number of pyridine rings is 1. The highest BCUT2D eigenvalue weighted by Crippen LogP contribution is 2.28. The van der Waals surface area contributed by atoms with Crippen LogP contribution in [0.15, 0.2) is 59.9 Å². The summed E-state index contributed by atoms with van der Waals surface area (Å²) >= 11 is 0. The number of unbranched alkanes of at least 4 members (excludes halogenated alkanes) is 1. The Bertz CT molecular complexity index is 946. The zero-order chi connectivity index (χ0) is 21.9. The number of guanidine groups is 1. The van der Waals surface area contributed by atoms with E-state index in [1.54, 1.807) is 18.6 Å². The molecule has 0 spiro atoms. The number of nitriles is 1. The van der Waals surface area contributed by atoms with E-state index in [0.29, 0.717) is 25.3 Å². The monoisotopic (exact) mass is 405 g/mol. The Labute approximate surface area is 177 Å². The second-order valence-electron chi connectivity index (χ2n) is 7.27. The summed E-state index contributed by atoms with van der Waals surface area (Å²) in [6.45, 7) is 4.75. The fourth-order valence-corrected chi connectivity index (χ4v) is 3.07. The van der Waals surface area contributed by atoms with Gasteiger partial charge in [0, 0.05) is 36.6 Å². The molecule has 0 atom stereocenters. The van der Waals surface area contributed by atoms with Crippen LogP contribution in [0.5, 0.6) is 0 Å². The van der Waals surface area contributed by atoms with Crippen LogP contribution in [0.25, 0.3) is 5.57 Å². The molecule has 3 N–H and O–H groups in total. The lowest BCUT2D eigenvalue weighted by molar-refractivity contribution is -0.137. The number of aromatic nitrogens is 1. The van der Waals surface area contributed by atoms with Crippen LogP contribution in [-0.4, -0.2) is 28.6 Å². The predicted octanol–water partition coefficient (Wildman–Crippen LogP) is 4.03. The Morgan fingerprint density at radius 1 is 1.33 bits per heavy atom. The highest BCUT2D eigenvalue weighted by molar-refractivity contribution is 5.96. The number of allylic oxidation sites excluding steroid dienone is 1. The van der Waals surface area contributed by atoms with E-state index >= 15 is 0 Å². The van der Waals surface area contributed by atoms with Crippen LogP contribution in [0.3, 0.4) is 0 Å². The van der Waals surface area contributed by atoms with Gasteiger partial charge in [0.05, 0.1) is 0 Å². The molecule has 0 unspecified atom stereocenters. The molecule has 7 nitrogen and oxygen atoms in total. The Balaban J connectivity index is 2.44. The van der Waals surface area contributed by atoms with E-state index in [1.807, 2.05) is 47.4 Å². The lowest BCUT2D eigenvalue weighted by Crippen LogP contribution is -2.39. The molecule has 156 valence electrons. The van der Waals surface area contributed by atoms with Gasteiger partial charge in [0.2, 0.25) is 12.2 Å². The van der Waals surface area contributed by atoms with Crippen molar-refractivity contribution in [2.45, 2.75) is 33.1 Å². The van der Waals surface area contributed by atoms with Crippen molar-refractivity contribution in [2.75, 3.05) is 11.4 Å². The number of aliphatic imine (C=N–C) groups is 1. The third-order valence-corrected chi connectivity index (χ3v) is 4.37. The molecule has 0 radical (unpaired) electrons. The van der Waals surface area contributed by atoms with Crippen molar-refractivity contribution in [3.05, 3.63) is 66.0 Å². The number of hydrogen-bond donors (Lipinski definition) is 2. The minimum Gasteiger partial charge on any atom is -0.481 e. The summed E-state index contributed by atoms with van der Waals surface area (Å²) < 4.78 is 0. The van der Waals surface area contributed by atoms with E-state index in [-0.39, 0.29) is 12.4 Å². The van der Waals surface area contributed by atoms with Gasteiger partial charge in [-0.05, 0) is 48.1 Å². The summed E-state index contributed by atoms with van der Waals surface area (Å²) in [7, 11) is 0. The van der Waals surface area contributed by atoms with E-state index in [9.17, 15) is 4.79 Å². The molecule has 0 fully saturated rings. The Morgan fingerprint density at radius 3 is 2.73 bits per heavy atom. The van der Waals surface area contributed by atoms with E-state index in [0.717, 1.165) is 22.4 Å². The first kappa shape index (κ1) is 22.6. The summed E-state index contributed by atoms with van der Waals surface area (Å²) in [5.74, 6) is -0.341. The molecule has 1 aromatic carbocycles. The Hall–Kier alpha value is -3.66. The third kappa shape index (κ3) is 6.74. The first-order valence-corrected chi connectivity index (χ1v) is 9.85. The van der Waals surface area contributed by atoms with Crippen LogP contribution in [0.2, 0.25) is 0 Å². The molecule has 0 bridgehead atoms. The molecule has 2 aromatic rings. The van der Waals surface area contributed by atoms with Gasteiger partial charge in [0.15, 0.2) is 0 Å². The number of carboxylic acid groups (broad SMARTS) is 1. The summed E-state index contributed by atoms with van der Waals surface area (Å²) in [6.07, 6.45) is 8.60. The zero-order valence-corrected chi connectivity index (χ0v) is 17.3. The fourth-order valence-electron chi connectivity index (χ4n) is 3.07. The standard InChI is InChI=1S/C23H27N5O2/c1-17(2)15-28(23(25)27-16-24)20-9-5-7-18(13-20)21(10-3-4-11-22(29)30)19-8-6-12-26-14-19/h5-10,12-14,17H,3-4,11,15H2,1-2H3,(H2,25,27)(H,29,30). The van der Waals surface area contributed by atoms with Crippen molar-refractivity contribution < 1.29 is 9.90 Å². The lowest BCUT2D eigenvalue weighted by Gasteiger charge is -2.25. The van der Waals surface area contributed by atoms with Gasteiger partial charge in [-0.2, -0.15) is 5.26 Å². The van der Waals surface area contributed by atoms with Gasteiger partial charge in [-0.3, -0.25) is 9.78 Å². The summed E-state index contributed by atoms with van der Waals surface area (Å²) in [4.78, 5) is 20.6. The SMILES string of the molecule is CC(C)CN(C(N)=NC#N)c1cccc(C(=CCCCC(=O)O)c2cccnc2)c1. The maximum atomic E-state index is 10.8. The zero-order valence-electron chi connectivity index (χ0n) is 17.3. The molecular weight excluding hydrogens is 378 g/mol. The molecule has 7 heteroatoms. The average Bonchev–Trinajstić information content (AvgIpc) is 2.72. The van der Waals surface area contributed by atoms with Gasteiger partial charge in [-0.1, -0.05) is 38.1 Å². The van der Waals surface area contributed by atoms with Gasteiger partial charge in [0.1, 0.15) is 0 Å². The molecule has 30 heavy (non-hydrogen) atoms. The molecule has 0 amide bonds. The maximum Gasteiger partial charge on any atom is 0.303 e. The molecule has 0 aliphatic heterocycles. The normalized spacial score (nSPS) is 11.9. The van der Waals surface area contributed by atoms with E-state index in [4.69, 9.17) is 16.1 Å². The van der Waals surface area contributed by atoms with Gasteiger partial charge in [0.25, 0.3) is 0 Å². The van der Waals surface area contributed by atoms with Crippen LogP contribution in [-0.2, 0) is 4.79 Å². The minimum absolute atomic E-state index is 0.125. The first-order chi connectivity index (χ1) is 14.4. The number of rotatable bonds is 9. The Morgan fingerprint density at radius 2 is 2.10 bits per heavy atom. The highest BCUT2D eigenvalue weighted by Gasteiger charge is 2.15. The molecule has 1 heterocycles. The minimum atomic E-state index is -0.801. The Kier molecular flexibility index (Phi) is 8.57. The van der Waals surface area contributed by atoms with E-state index in [2.05, 4.69) is 23.8 Å². The average molecular weight is 406 g/mol. The summed E-state index contributed by atoms with van der Waals surface area (Å²) in [5.41, 5.74) is 9.74. The topological polar surface area (TPSA) is 116 Å². The molecule has 0 aliphatic rings. The lowest BCUT2D eigenvalue weighted by atomic mass is 9.97. The second kappa shape index (κ2) is 11.4. The number of carbonyl (C=O) groups is 1. The van der Waals surface area contributed by atoms with Gasteiger partial charge in [-0.25, -0.2) is 0 Å². The van der Waals surface area contributed by atoms with Crippen molar-refractivity contribution in [1.82, 2.24) is 4.98 Å². The maximum absolute atomic E-state index is 10.8. The van der Waals surface area contributed by atoms with Crippen LogP contribution in [0, 0.1) is 17.4 Å².